The van der Waals surface area contributed by atoms with Crippen LogP contribution in [0.2, 0.25) is 5.02 Å². The van der Waals surface area contributed by atoms with Gasteiger partial charge in [0.05, 0.1) is 17.3 Å². The van der Waals surface area contributed by atoms with Crippen molar-refractivity contribution in [2.75, 3.05) is 18.9 Å². The van der Waals surface area contributed by atoms with Gasteiger partial charge in [0.2, 0.25) is 0 Å². The molecule has 3 nitrogen and oxygen atoms in total. The van der Waals surface area contributed by atoms with Crippen LogP contribution in [0, 0.1) is 0 Å². The highest BCUT2D eigenvalue weighted by Gasteiger charge is 2.21. The zero-order valence-corrected chi connectivity index (χ0v) is 10.7. The molecule has 0 bridgehead atoms. The summed E-state index contributed by atoms with van der Waals surface area (Å²) in [6.07, 6.45) is 3.50. The summed E-state index contributed by atoms with van der Waals surface area (Å²) in [7, 11) is 0. The molecule has 0 aromatic heterocycles. The second-order valence-corrected chi connectivity index (χ2v) is 5.07. The maximum Gasteiger partial charge on any atom is 0.0635 e. The van der Waals surface area contributed by atoms with E-state index in [2.05, 4.69) is 4.90 Å². The smallest absolute Gasteiger partial charge is 0.0635 e. The zero-order chi connectivity index (χ0) is 12.3. The maximum atomic E-state index is 9.35. The van der Waals surface area contributed by atoms with Crippen LogP contribution in [0.15, 0.2) is 18.2 Å². The van der Waals surface area contributed by atoms with Crippen molar-refractivity contribution in [2.45, 2.75) is 31.8 Å². The van der Waals surface area contributed by atoms with Gasteiger partial charge in [-0.05, 0) is 37.1 Å². The minimum absolute atomic E-state index is 0.239. The van der Waals surface area contributed by atoms with E-state index < -0.39 is 0 Å². The van der Waals surface area contributed by atoms with Gasteiger partial charge in [-0.1, -0.05) is 24.1 Å². The summed E-state index contributed by atoms with van der Waals surface area (Å²) in [5.41, 5.74) is 7.58. The Labute approximate surface area is 107 Å². The number of piperidine rings is 1. The first-order chi connectivity index (χ1) is 8.20. The number of hydrogen-bond acceptors (Lipinski definition) is 3. The van der Waals surface area contributed by atoms with Crippen molar-refractivity contribution in [3.63, 3.8) is 0 Å². The van der Waals surface area contributed by atoms with Crippen LogP contribution in [0.5, 0.6) is 0 Å². The maximum absolute atomic E-state index is 9.35. The van der Waals surface area contributed by atoms with Crippen LogP contribution in [0.3, 0.4) is 0 Å². The van der Waals surface area contributed by atoms with Crippen molar-refractivity contribution in [1.29, 1.82) is 0 Å². The molecular formula is C13H19ClN2O. The van der Waals surface area contributed by atoms with Gasteiger partial charge in [0.15, 0.2) is 0 Å². The van der Waals surface area contributed by atoms with Crippen LogP contribution >= 0.6 is 11.6 Å². The number of nitrogens with two attached hydrogens (primary N) is 1. The summed E-state index contributed by atoms with van der Waals surface area (Å²) in [6, 6.07) is 6.05. The Kier molecular flexibility index (Phi) is 4.26. The summed E-state index contributed by atoms with van der Waals surface area (Å²) in [6.45, 7) is 2.13. The SMILES string of the molecule is Nc1cc(CN2CCCCC2CO)ccc1Cl. The number of rotatable bonds is 3. The fourth-order valence-corrected chi connectivity index (χ4v) is 2.52. The lowest BCUT2D eigenvalue weighted by molar-refractivity contribution is 0.0841. The molecule has 17 heavy (non-hydrogen) atoms. The Morgan fingerprint density at radius 3 is 2.94 bits per heavy atom. The number of anilines is 1. The van der Waals surface area contributed by atoms with Gasteiger partial charge in [-0.25, -0.2) is 0 Å². The van der Waals surface area contributed by atoms with E-state index >= 15 is 0 Å². The molecule has 1 atom stereocenters. The molecule has 0 spiro atoms. The van der Waals surface area contributed by atoms with E-state index in [1.54, 1.807) is 0 Å². The largest absolute Gasteiger partial charge is 0.398 e. The van der Waals surface area contributed by atoms with Crippen LogP contribution in [0.1, 0.15) is 24.8 Å². The molecule has 4 heteroatoms. The van der Waals surface area contributed by atoms with Crippen molar-refractivity contribution in [1.82, 2.24) is 4.90 Å². The molecular weight excluding hydrogens is 236 g/mol. The predicted octanol–water partition coefficient (Wildman–Crippen LogP) is 2.27. The number of aliphatic hydroxyl groups is 1. The summed E-state index contributed by atoms with van der Waals surface area (Å²) in [5, 5.41) is 9.95. The fourth-order valence-electron chi connectivity index (χ4n) is 2.40. The molecule has 0 aliphatic carbocycles. The number of likely N-dealkylation sites (tertiary alicyclic amines) is 1. The first-order valence-electron chi connectivity index (χ1n) is 6.09. The Hall–Kier alpha value is -0.770. The molecule has 1 unspecified atom stereocenters. The quantitative estimate of drug-likeness (QED) is 0.814. The van der Waals surface area contributed by atoms with E-state index in [1.807, 2.05) is 18.2 Å². The van der Waals surface area contributed by atoms with Crippen molar-refractivity contribution in [2.24, 2.45) is 0 Å². The minimum atomic E-state index is 0.239. The third-order valence-corrected chi connectivity index (χ3v) is 3.75. The average molecular weight is 255 g/mol. The molecule has 1 fully saturated rings. The number of benzene rings is 1. The van der Waals surface area contributed by atoms with Gasteiger partial charge in [-0.15, -0.1) is 0 Å². The number of hydrogen-bond donors (Lipinski definition) is 2. The second kappa shape index (κ2) is 5.71. The highest BCUT2D eigenvalue weighted by atomic mass is 35.5. The van der Waals surface area contributed by atoms with Crippen molar-refractivity contribution >= 4 is 17.3 Å². The van der Waals surface area contributed by atoms with Crippen molar-refractivity contribution in [3.8, 4) is 0 Å². The van der Waals surface area contributed by atoms with E-state index in [0.29, 0.717) is 16.8 Å². The molecule has 94 valence electrons. The molecule has 1 aliphatic heterocycles. The second-order valence-electron chi connectivity index (χ2n) is 4.66. The van der Waals surface area contributed by atoms with Gasteiger partial charge in [-0.3, -0.25) is 4.90 Å². The van der Waals surface area contributed by atoms with E-state index in [0.717, 1.165) is 25.1 Å². The summed E-state index contributed by atoms with van der Waals surface area (Å²) in [5.74, 6) is 0. The minimum Gasteiger partial charge on any atom is -0.398 e. The zero-order valence-electron chi connectivity index (χ0n) is 9.90. The van der Waals surface area contributed by atoms with Crippen LogP contribution in [0.4, 0.5) is 5.69 Å². The predicted molar refractivity (Wildman–Crippen MR) is 71.0 cm³/mol. The Bertz CT molecular complexity index is 384. The molecule has 3 N–H and O–H groups in total. The van der Waals surface area contributed by atoms with Gasteiger partial charge in [-0.2, -0.15) is 0 Å². The molecule has 1 aliphatic rings. The first-order valence-corrected chi connectivity index (χ1v) is 6.47. The summed E-state index contributed by atoms with van der Waals surface area (Å²) < 4.78 is 0. The average Bonchev–Trinajstić information content (AvgIpc) is 2.34. The third kappa shape index (κ3) is 3.12. The lowest BCUT2D eigenvalue weighted by atomic mass is 10.0. The molecule has 2 rings (SSSR count). The van der Waals surface area contributed by atoms with Crippen molar-refractivity contribution in [3.05, 3.63) is 28.8 Å². The van der Waals surface area contributed by atoms with Crippen LogP contribution in [-0.2, 0) is 6.54 Å². The highest BCUT2D eigenvalue weighted by molar-refractivity contribution is 6.33. The van der Waals surface area contributed by atoms with Crippen molar-refractivity contribution < 1.29 is 5.11 Å². The Morgan fingerprint density at radius 2 is 2.24 bits per heavy atom. The van der Waals surface area contributed by atoms with Gasteiger partial charge in [0.25, 0.3) is 0 Å². The fraction of sp³-hybridized carbons (Fsp3) is 0.538. The molecule has 0 amide bonds. The normalized spacial score (nSPS) is 21.6. The van der Waals surface area contributed by atoms with E-state index in [4.69, 9.17) is 17.3 Å². The molecule has 1 aromatic rings. The topological polar surface area (TPSA) is 49.5 Å². The number of nitrogens with zero attached hydrogens (tertiary/aromatic N) is 1. The highest BCUT2D eigenvalue weighted by Crippen LogP contribution is 2.23. The van der Waals surface area contributed by atoms with E-state index in [1.165, 1.54) is 12.8 Å². The third-order valence-electron chi connectivity index (χ3n) is 3.41. The Morgan fingerprint density at radius 1 is 1.41 bits per heavy atom. The van der Waals surface area contributed by atoms with Gasteiger partial charge >= 0.3 is 0 Å². The van der Waals surface area contributed by atoms with Crippen LogP contribution in [-0.4, -0.2) is 29.2 Å². The molecule has 0 radical (unpaired) electrons. The molecule has 1 heterocycles. The lowest BCUT2D eigenvalue weighted by Crippen LogP contribution is -2.41. The van der Waals surface area contributed by atoms with Gasteiger partial charge < -0.3 is 10.8 Å². The summed E-state index contributed by atoms with van der Waals surface area (Å²) in [4.78, 5) is 2.33. The Balaban J connectivity index is 2.05. The summed E-state index contributed by atoms with van der Waals surface area (Å²) >= 11 is 5.90. The monoisotopic (exact) mass is 254 g/mol. The molecule has 1 saturated heterocycles. The van der Waals surface area contributed by atoms with Gasteiger partial charge in [0, 0.05) is 12.6 Å². The lowest BCUT2D eigenvalue weighted by Gasteiger charge is -2.34. The number of halogens is 1. The van der Waals surface area contributed by atoms with Crippen LogP contribution < -0.4 is 5.73 Å². The molecule has 0 saturated carbocycles. The number of aliphatic hydroxyl groups excluding tert-OH is 1. The molecule has 1 aromatic carbocycles. The first kappa shape index (κ1) is 12.7. The number of nitrogen functional groups attached to an aromatic ring is 1. The van der Waals surface area contributed by atoms with E-state index in [-0.39, 0.29) is 6.61 Å². The standard InChI is InChI=1S/C13H19ClN2O/c14-12-5-4-10(7-13(12)15)8-16-6-2-1-3-11(16)9-17/h4-5,7,11,17H,1-3,6,8-9,15H2. The van der Waals surface area contributed by atoms with E-state index in [9.17, 15) is 5.11 Å². The van der Waals surface area contributed by atoms with Crippen LogP contribution in [0.25, 0.3) is 0 Å². The van der Waals surface area contributed by atoms with Gasteiger partial charge in [0.1, 0.15) is 0 Å².